The number of hydrogen-bond donors (Lipinski definition) is 0. The van der Waals surface area contributed by atoms with Gasteiger partial charge in [-0.05, 0) is 69.8 Å². The van der Waals surface area contributed by atoms with Crippen molar-refractivity contribution in [1.82, 2.24) is 9.97 Å². The van der Waals surface area contributed by atoms with Crippen LogP contribution in [0, 0.1) is 0 Å². The van der Waals surface area contributed by atoms with Gasteiger partial charge in [-0.2, -0.15) is 0 Å². The summed E-state index contributed by atoms with van der Waals surface area (Å²) in [5.41, 5.74) is 11.3. The molecule has 0 aliphatic carbocycles. The smallest absolute Gasteiger partial charge is 0.0979 e. The second kappa shape index (κ2) is 12.2. The zero-order chi connectivity index (χ0) is 32.6. The molecule has 49 heavy (non-hydrogen) atoms. The van der Waals surface area contributed by atoms with Crippen molar-refractivity contribution in [3.8, 4) is 33.6 Å². The third kappa shape index (κ3) is 5.28. The fourth-order valence-corrected chi connectivity index (χ4v) is 6.84. The van der Waals surface area contributed by atoms with E-state index in [1.165, 1.54) is 11.1 Å². The van der Waals surface area contributed by atoms with Crippen molar-refractivity contribution in [2.45, 2.75) is 0 Å². The van der Waals surface area contributed by atoms with Crippen LogP contribution in [0.4, 0.5) is 17.1 Å². The van der Waals surface area contributed by atoms with Crippen LogP contribution in [0.2, 0.25) is 0 Å². The molecule has 0 spiro atoms. The Morgan fingerprint density at radius 1 is 0.347 bits per heavy atom. The molecule has 0 radical (unpaired) electrons. The van der Waals surface area contributed by atoms with Crippen molar-refractivity contribution < 1.29 is 0 Å². The lowest BCUT2D eigenvalue weighted by molar-refractivity contribution is 1.29. The number of fused-ring (bicyclic) bond motifs is 5. The molecule has 0 fully saturated rings. The Balaban J connectivity index is 1.27. The summed E-state index contributed by atoms with van der Waals surface area (Å²) in [5.74, 6) is 0. The van der Waals surface area contributed by atoms with E-state index in [0.717, 1.165) is 72.2 Å². The molecule has 9 rings (SSSR count). The first-order chi connectivity index (χ1) is 24.3. The maximum absolute atomic E-state index is 5.45. The number of rotatable bonds is 6. The lowest BCUT2D eigenvalue weighted by Crippen LogP contribution is -2.09. The molecule has 0 aliphatic rings. The third-order valence-corrected chi connectivity index (χ3v) is 9.22. The highest BCUT2D eigenvalue weighted by atomic mass is 15.1. The molecule has 0 saturated carbocycles. The first-order valence-electron chi connectivity index (χ1n) is 16.6. The zero-order valence-corrected chi connectivity index (χ0v) is 26.7. The predicted octanol–water partition coefficient (Wildman–Crippen LogP) is 12.4. The lowest BCUT2D eigenvalue weighted by atomic mass is 9.98. The van der Waals surface area contributed by atoms with E-state index in [0.29, 0.717) is 0 Å². The monoisotopic (exact) mass is 625 g/mol. The largest absolute Gasteiger partial charge is 0.310 e. The van der Waals surface area contributed by atoms with E-state index < -0.39 is 0 Å². The van der Waals surface area contributed by atoms with E-state index in [2.05, 4.69) is 181 Å². The van der Waals surface area contributed by atoms with Crippen LogP contribution >= 0.6 is 0 Å². The van der Waals surface area contributed by atoms with Gasteiger partial charge in [0, 0.05) is 33.6 Å². The second-order valence-corrected chi connectivity index (χ2v) is 12.2. The van der Waals surface area contributed by atoms with Gasteiger partial charge >= 0.3 is 0 Å². The van der Waals surface area contributed by atoms with E-state index in [1.54, 1.807) is 0 Å². The van der Waals surface area contributed by atoms with E-state index >= 15 is 0 Å². The molecule has 0 aliphatic heterocycles. The average Bonchev–Trinajstić information content (AvgIpc) is 3.19. The minimum atomic E-state index is 0.875. The van der Waals surface area contributed by atoms with Crippen LogP contribution < -0.4 is 4.90 Å². The van der Waals surface area contributed by atoms with Crippen LogP contribution in [-0.2, 0) is 0 Å². The van der Waals surface area contributed by atoms with Gasteiger partial charge < -0.3 is 4.90 Å². The number of anilines is 3. The molecule has 0 saturated heterocycles. The third-order valence-electron chi connectivity index (χ3n) is 9.22. The Hall–Kier alpha value is -6.58. The van der Waals surface area contributed by atoms with Crippen LogP contribution in [0.3, 0.4) is 0 Å². The Morgan fingerprint density at radius 3 is 1.47 bits per heavy atom. The van der Waals surface area contributed by atoms with Gasteiger partial charge in [0.05, 0.1) is 22.4 Å². The summed E-state index contributed by atoms with van der Waals surface area (Å²) in [4.78, 5) is 13.1. The molecule has 3 heteroatoms. The Morgan fingerprint density at radius 2 is 0.816 bits per heavy atom. The fraction of sp³-hybridized carbons (Fsp3) is 0. The van der Waals surface area contributed by atoms with E-state index in [1.807, 2.05) is 12.1 Å². The van der Waals surface area contributed by atoms with Gasteiger partial charge in [0.15, 0.2) is 0 Å². The van der Waals surface area contributed by atoms with E-state index in [-0.39, 0.29) is 0 Å². The number of hydrogen-bond acceptors (Lipinski definition) is 3. The normalized spacial score (nSPS) is 11.3. The minimum Gasteiger partial charge on any atom is -0.310 e. The quantitative estimate of drug-likeness (QED) is 0.172. The highest BCUT2D eigenvalue weighted by Crippen LogP contribution is 2.40. The van der Waals surface area contributed by atoms with E-state index in [9.17, 15) is 0 Å². The SMILES string of the molecule is c1ccc(-c2ccc(N(c3ccccc3)c3ccc4ccc5ccc6nc(-c7ccccc7)c(-c7ccccc7)nc6c5c4c3)cc2)cc1. The van der Waals surface area contributed by atoms with Crippen LogP contribution in [0.25, 0.3) is 66.2 Å². The summed E-state index contributed by atoms with van der Waals surface area (Å²) >= 11 is 0. The van der Waals surface area contributed by atoms with Crippen molar-refractivity contribution >= 4 is 49.6 Å². The topological polar surface area (TPSA) is 29.0 Å². The highest BCUT2D eigenvalue weighted by molar-refractivity contribution is 6.19. The van der Waals surface area contributed by atoms with Crippen molar-refractivity contribution in [1.29, 1.82) is 0 Å². The Kier molecular flexibility index (Phi) is 7.14. The Labute approximate surface area is 285 Å². The van der Waals surface area contributed by atoms with Crippen molar-refractivity contribution in [2.75, 3.05) is 4.90 Å². The number of aromatic nitrogens is 2. The maximum atomic E-state index is 5.45. The number of nitrogens with zero attached hydrogens (tertiary/aromatic N) is 3. The van der Waals surface area contributed by atoms with Gasteiger partial charge in [-0.25, -0.2) is 9.97 Å². The standard InChI is InChI=1S/C46H31N3/c1-5-13-32(14-6-1)33-23-27-39(28-24-33)49(38-19-11-4-12-20-38)40-29-25-34-21-22-35-26-30-42-46(43(35)41(34)31-40)48-45(37-17-9-3-10-18-37)44(47-42)36-15-7-2-8-16-36/h1-31H. The summed E-state index contributed by atoms with van der Waals surface area (Å²) in [5, 5.41) is 4.54. The summed E-state index contributed by atoms with van der Waals surface area (Å²) in [6.07, 6.45) is 0. The average molecular weight is 626 g/mol. The van der Waals surface area contributed by atoms with Gasteiger partial charge in [0.25, 0.3) is 0 Å². The summed E-state index contributed by atoms with van der Waals surface area (Å²) in [6.45, 7) is 0. The number of benzene rings is 8. The molecule has 1 heterocycles. The molecule has 0 N–H and O–H groups in total. The van der Waals surface area contributed by atoms with E-state index in [4.69, 9.17) is 9.97 Å². The molecule has 8 aromatic carbocycles. The molecule has 9 aromatic rings. The van der Waals surface area contributed by atoms with Crippen molar-refractivity contribution in [2.24, 2.45) is 0 Å². The molecule has 0 amide bonds. The zero-order valence-electron chi connectivity index (χ0n) is 26.7. The summed E-state index contributed by atoms with van der Waals surface area (Å²) in [7, 11) is 0. The van der Waals surface area contributed by atoms with Gasteiger partial charge in [-0.15, -0.1) is 0 Å². The lowest BCUT2D eigenvalue weighted by Gasteiger charge is -2.26. The van der Waals surface area contributed by atoms with Crippen molar-refractivity contribution in [3.63, 3.8) is 0 Å². The molecule has 0 bridgehead atoms. The number of para-hydroxylation sites is 1. The molecule has 0 atom stereocenters. The minimum absolute atomic E-state index is 0.875. The predicted molar refractivity (Wildman–Crippen MR) is 206 cm³/mol. The van der Waals surface area contributed by atoms with Crippen LogP contribution in [-0.4, -0.2) is 9.97 Å². The maximum Gasteiger partial charge on any atom is 0.0979 e. The highest BCUT2D eigenvalue weighted by Gasteiger charge is 2.18. The molecule has 1 aromatic heterocycles. The van der Waals surface area contributed by atoms with Crippen LogP contribution in [0.15, 0.2) is 188 Å². The van der Waals surface area contributed by atoms with Gasteiger partial charge in [-0.3, -0.25) is 0 Å². The van der Waals surface area contributed by atoms with Crippen molar-refractivity contribution in [3.05, 3.63) is 188 Å². The van der Waals surface area contributed by atoms with Gasteiger partial charge in [0.2, 0.25) is 0 Å². The molecular weight excluding hydrogens is 595 g/mol. The van der Waals surface area contributed by atoms with Gasteiger partial charge in [0.1, 0.15) is 0 Å². The summed E-state index contributed by atoms with van der Waals surface area (Å²) < 4.78 is 0. The fourth-order valence-electron chi connectivity index (χ4n) is 6.84. The van der Waals surface area contributed by atoms with Crippen LogP contribution in [0.5, 0.6) is 0 Å². The first-order valence-corrected chi connectivity index (χ1v) is 16.6. The molecule has 3 nitrogen and oxygen atoms in total. The molecule has 0 unspecified atom stereocenters. The summed E-state index contributed by atoms with van der Waals surface area (Å²) in [6, 6.07) is 66.1. The molecule has 230 valence electrons. The molecular formula is C46H31N3. The Bertz CT molecular complexity index is 2570. The first kappa shape index (κ1) is 28.6. The van der Waals surface area contributed by atoms with Crippen LogP contribution in [0.1, 0.15) is 0 Å². The second-order valence-electron chi connectivity index (χ2n) is 12.2. The van der Waals surface area contributed by atoms with Gasteiger partial charge in [-0.1, -0.05) is 146 Å².